The number of hydrogen-bond donors (Lipinski definition) is 11. The Kier molecular flexibility index (Phi) is 14.7. The van der Waals surface area contributed by atoms with E-state index in [4.69, 9.17) is 25.7 Å². The number of ether oxygens (including phenoxy) is 3. The molecule has 17 heteroatoms. The fourth-order valence-electron chi connectivity index (χ4n) is 10.2. The number of methoxy groups -OCH3 is 1. The van der Waals surface area contributed by atoms with E-state index >= 15 is 0 Å². The fourth-order valence-corrected chi connectivity index (χ4v) is 10.2. The van der Waals surface area contributed by atoms with Crippen molar-refractivity contribution in [2.75, 3.05) is 47.1 Å². The molecule has 3 aliphatic carbocycles. The Morgan fingerprint density at radius 1 is 0.981 bits per heavy atom. The maximum Gasteiger partial charge on any atom is 0.188 e. The van der Waals surface area contributed by atoms with E-state index in [0.29, 0.717) is 45.1 Å². The average molecular weight is 758 g/mol. The van der Waals surface area contributed by atoms with Crippen LogP contribution in [0, 0.1) is 47.3 Å². The summed E-state index contributed by atoms with van der Waals surface area (Å²) in [5.41, 5.74) is 9.93. The van der Waals surface area contributed by atoms with E-state index in [1.807, 2.05) is 0 Å². The molecule has 0 amide bonds. The molecule has 17 atom stereocenters. The van der Waals surface area contributed by atoms with Crippen molar-refractivity contribution in [3.05, 3.63) is 0 Å². The van der Waals surface area contributed by atoms with Crippen molar-refractivity contribution in [1.29, 1.82) is 0 Å². The minimum absolute atomic E-state index is 0.00115. The van der Waals surface area contributed by atoms with Gasteiger partial charge in [0.05, 0.1) is 42.9 Å². The third-order valence-corrected chi connectivity index (χ3v) is 13.1. The molecule has 0 radical (unpaired) electrons. The van der Waals surface area contributed by atoms with Gasteiger partial charge < -0.3 is 72.1 Å². The molecule has 5 aliphatic rings. The molecule has 5 fully saturated rings. The predicted molar refractivity (Wildman–Crippen MR) is 190 cm³/mol. The van der Waals surface area contributed by atoms with Crippen LogP contribution in [0.1, 0.15) is 57.8 Å². The molecule has 2 aliphatic heterocycles. The van der Waals surface area contributed by atoms with Gasteiger partial charge in [0.25, 0.3) is 0 Å². The summed E-state index contributed by atoms with van der Waals surface area (Å²) in [5, 5.41) is 82.8. The monoisotopic (exact) mass is 757 g/mol. The van der Waals surface area contributed by atoms with Gasteiger partial charge in [0.15, 0.2) is 12.2 Å². The Hall–Kier alpha value is -1.87. The van der Waals surface area contributed by atoms with Crippen LogP contribution in [0.25, 0.3) is 0 Å². The summed E-state index contributed by atoms with van der Waals surface area (Å²) in [6, 6.07) is 0. The predicted octanol–water partition coefficient (Wildman–Crippen LogP) is -3.06. The Balaban J connectivity index is 1.40. The van der Waals surface area contributed by atoms with Gasteiger partial charge in [0.1, 0.15) is 35.5 Å². The van der Waals surface area contributed by atoms with Gasteiger partial charge in [0.2, 0.25) is 0 Å². The van der Waals surface area contributed by atoms with Crippen LogP contribution in [0.5, 0.6) is 0 Å². The van der Waals surface area contributed by atoms with Gasteiger partial charge >= 0.3 is 0 Å². The van der Waals surface area contributed by atoms with Crippen molar-refractivity contribution in [2.24, 2.45) is 63.8 Å². The maximum atomic E-state index is 14.7. The first-order valence-corrected chi connectivity index (χ1v) is 19.3. The lowest BCUT2D eigenvalue weighted by atomic mass is 9.51. The standard InChI is InChI=1S/C36H63N5O12/c1-39-35(38)41-14-20-18(5-3-4-10-42)12-19-27(30(20)46)31(47)28-23(13-22(51-2)21(15-43)26(28)29(19)45)52-34-32(48)33(49)36(50,24(16-44)53-34)8-6-17-7-9-40-25(37)11-17/h17-28,30,32-34,40,42-44,46,48-50H,3-16,37H2,1-2H3,(H3,38,39,41). The number of aliphatic imine (C=N–C) groups is 1. The number of carbonyl (C=O) groups excluding carboxylic acids is 2. The smallest absolute Gasteiger partial charge is 0.188 e. The minimum Gasteiger partial charge on any atom is -0.396 e. The summed E-state index contributed by atoms with van der Waals surface area (Å²) < 4.78 is 18.0. The number of guanidine groups is 1. The number of Topliss-reactive ketones (excluding diaryl/α,β-unsaturated/α-hetero) is 2. The van der Waals surface area contributed by atoms with Crippen LogP contribution in [0.3, 0.4) is 0 Å². The average Bonchev–Trinajstić information content (AvgIpc) is 3.15. The summed E-state index contributed by atoms with van der Waals surface area (Å²) >= 11 is 0. The summed E-state index contributed by atoms with van der Waals surface area (Å²) in [6.45, 7) is -0.240. The molecule has 0 bridgehead atoms. The number of fused-ring (bicyclic) bond motifs is 2. The minimum atomic E-state index is -2.02. The number of rotatable bonds is 14. The van der Waals surface area contributed by atoms with Crippen molar-refractivity contribution in [2.45, 2.75) is 112 Å². The van der Waals surface area contributed by atoms with Crippen molar-refractivity contribution in [1.82, 2.24) is 10.6 Å². The highest BCUT2D eigenvalue weighted by molar-refractivity contribution is 6.01. The zero-order valence-corrected chi connectivity index (χ0v) is 30.9. The zero-order chi connectivity index (χ0) is 38.6. The van der Waals surface area contributed by atoms with E-state index in [9.17, 15) is 45.3 Å². The highest BCUT2D eigenvalue weighted by Crippen LogP contribution is 2.53. The molecule has 0 aromatic carbocycles. The molecular formula is C36H63N5O12. The van der Waals surface area contributed by atoms with E-state index in [1.165, 1.54) is 14.2 Å². The first kappa shape index (κ1) is 42.3. The van der Waals surface area contributed by atoms with Crippen molar-refractivity contribution >= 4 is 17.5 Å². The number of nitrogens with two attached hydrogens (primary N) is 2. The first-order chi connectivity index (χ1) is 25.3. The van der Waals surface area contributed by atoms with E-state index < -0.39 is 103 Å². The second-order valence-electron chi connectivity index (χ2n) is 16.0. The maximum absolute atomic E-state index is 14.7. The van der Waals surface area contributed by atoms with E-state index in [1.54, 1.807) is 0 Å². The quantitative estimate of drug-likeness (QED) is 0.0477. The number of aliphatic hydroxyl groups excluding tert-OH is 6. The van der Waals surface area contributed by atoms with Crippen LogP contribution < -0.4 is 22.1 Å². The molecule has 0 spiro atoms. The lowest BCUT2D eigenvalue weighted by Gasteiger charge is -2.55. The van der Waals surface area contributed by atoms with E-state index in [0.717, 1.165) is 6.42 Å². The second-order valence-corrected chi connectivity index (χ2v) is 16.0. The van der Waals surface area contributed by atoms with Crippen LogP contribution in [0.4, 0.5) is 0 Å². The largest absolute Gasteiger partial charge is 0.396 e. The summed E-state index contributed by atoms with van der Waals surface area (Å²) in [6.07, 6.45) is -5.75. The Labute approximate surface area is 310 Å². The Morgan fingerprint density at radius 2 is 1.74 bits per heavy atom. The van der Waals surface area contributed by atoms with E-state index in [-0.39, 0.29) is 55.7 Å². The molecule has 53 heavy (non-hydrogen) atoms. The highest BCUT2D eigenvalue weighted by Gasteiger charge is 2.64. The van der Waals surface area contributed by atoms with Crippen LogP contribution >= 0.6 is 0 Å². The highest BCUT2D eigenvalue weighted by atomic mass is 16.7. The second kappa shape index (κ2) is 18.4. The number of nitrogens with zero attached hydrogens (tertiary/aromatic N) is 1. The number of carbonyl (C=O) groups is 2. The number of unbranched alkanes of at least 4 members (excludes halogenated alkanes) is 1. The van der Waals surface area contributed by atoms with Crippen molar-refractivity contribution in [3.63, 3.8) is 0 Å². The number of nitrogens with one attached hydrogen (secondary N) is 2. The lowest BCUT2D eigenvalue weighted by Crippen LogP contribution is -2.69. The normalized spacial score (nSPS) is 45.1. The molecule has 0 aromatic rings. The van der Waals surface area contributed by atoms with Gasteiger partial charge in [0, 0.05) is 64.0 Å². The SMILES string of the molecule is CN=C(N)NCC1C(CCCCO)CC2C(=O)C3C(CO)C(OC)CC(OC4OC(CO)C(O)(CCC5CCNC(N)C5)C(O)C4O)C3C(=O)C2C1O. The molecular weight excluding hydrogens is 694 g/mol. The number of ketones is 2. The summed E-state index contributed by atoms with van der Waals surface area (Å²) in [5.74, 6) is -5.92. The molecule has 0 aromatic heterocycles. The molecule has 3 saturated carbocycles. The van der Waals surface area contributed by atoms with Gasteiger partial charge in [-0.15, -0.1) is 0 Å². The molecule has 304 valence electrons. The summed E-state index contributed by atoms with van der Waals surface area (Å²) in [4.78, 5) is 33.3. The van der Waals surface area contributed by atoms with Crippen molar-refractivity contribution in [3.8, 4) is 0 Å². The molecule has 17 unspecified atom stereocenters. The van der Waals surface area contributed by atoms with Gasteiger partial charge in [-0.25, -0.2) is 0 Å². The molecule has 5 rings (SSSR count). The van der Waals surface area contributed by atoms with Crippen LogP contribution in [0.2, 0.25) is 0 Å². The fraction of sp³-hybridized carbons (Fsp3) is 0.917. The Morgan fingerprint density at radius 3 is 2.38 bits per heavy atom. The number of hydrogen-bond acceptors (Lipinski definition) is 15. The third kappa shape index (κ3) is 8.61. The van der Waals surface area contributed by atoms with E-state index in [2.05, 4.69) is 15.6 Å². The van der Waals surface area contributed by atoms with Gasteiger partial charge in [-0.2, -0.15) is 0 Å². The first-order valence-electron chi connectivity index (χ1n) is 19.3. The molecule has 2 heterocycles. The van der Waals surface area contributed by atoms with Crippen LogP contribution in [-0.4, -0.2) is 155 Å². The number of aliphatic hydroxyl groups is 7. The van der Waals surface area contributed by atoms with Gasteiger partial charge in [-0.05, 0) is 63.3 Å². The molecule has 2 saturated heterocycles. The lowest BCUT2D eigenvalue weighted by molar-refractivity contribution is -0.347. The Bertz CT molecular complexity index is 1260. The van der Waals surface area contributed by atoms with Crippen LogP contribution in [-0.2, 0) is 23.8 Å². The molecule has 17 nitrogen and oxygen atoms in total. The summed E-state index contributed by atoms with van der Waals surface area (Å²) in [7, 11) is 2.95. The van der Waals surface area contributed by atoms with Crippen molar-refractivity contribution < 1.29 is 59.5 Å². The van der Waals surface area contributed by atoms with Gasteiger partial charge in [-0.1, -0.05) is 6.42 Å². The number of piperidine rings is 1. The van der Waals surface area contributed by atoms with Gasteiger partial charge in [-0.3, -0.25) is 14.6 Å². The topological polar surface area (TPSA) is 292 Å². The molecule has 13 N–H and O–H groups in total. The third-order valence-electron chi connectivity index (χ3n) is 13.1. The van der Waals surface area contributed by atoms with Crippen LogP contribution in [0.15, 0.2) is 4.99 Å². The zero-order valence-electron chi connectivity index (χ0n) is 30.9.